The van der Waals surface area contributed by atoms with E-state index < -0.39 is 0 Å². The van der Waals surface area contributed by atoms with E-state index in [9.17, 15) is 5.11 Å². The molecule has 0 radical (unpaired) electrons. The fourth-order valence-electron chi connectivity index (χ4n) is 2.58. The Bertz CT molecular complexity index is 418. The van der Waals surface area contributed by atoms with Crippen LogP contribution in [-0.2, 0) is 6.54 Å². The molecule has 0 spiro atoms. The maximum absolute atomic E-state index is 9.88. The minimum atomic E-state index is -0.316. The molecular weight excluding hydrogens is 212 g/mol. The summed E-state index contributed by atoms with van der Waals surface area (Å²) < 4.78 is 1.98. The summed E-state index contributed by atoms with van der Waals surface area (Å²) >= 11 is 0. The Morgan fingerprint density at radius 1 is 1.53 bits per heavy atom. The van der Waals surface area contributed by atoms with Crippen molar-refractivity contribution in [1.82, 2.24) is 9.78 Å². The molecule has 0 bridgehead atoms. The van der Waals surface area contributed by atoms with Crippen LogP contribution in [0.1, 0.15) is 45.6 Å². The van der Waals surface area contributed by atoms with Crippen LogP contribution in [0.2, 0.25) is 0 Å². The monoisotopic (exact) mass is 234 g/mol. The summed E-state index contributed by atoms with van der Waals surface area (Å²) in [4.78, 5) is 0. The van der Waals surface area contributed by atoms with Gasteiger partial charge >= 0.3 is 0 Å². The molecule has 17 heavy (non-hydrogen) atoms. The van der Waals surface area contributed by atoms with Gasteiger partial charge in [-0.05, 0) is 30.3 Å². The smallest absolute Gasteiger partial charge is 0.0732 e. The van der Waals surface area contributed by atoms with Crippen molar-refractivity contribution < 1.29 is 5.11 Å². The van der Waals surface area contributed by atoms with Gasteiger partial charge in [-0.3, -0.25) is 4.68 Å². The zero-order valence-electron chi connectivity index (χ0n) is 11.0. The van der Waals surface area contributed by atoms with E-state index in [1.165, 1.54) is 5.57 Å². The molecule has 1 heterocycles. The van der Waals surface area contributed by atoms with Gasteiger partial charge in [0.1, 0.15) is 0 Å². The largest absolute Gasteiger partial charge is 0.389 e. The number of hydrogen-bond donors (Lipinski definition) is 1. The number of aromatic nitrogens is 2. The maximum atomic E-state index is 9.88. The standard InChI is InChI=1S/C14H22N2O/c1-4-5-16-10-12(9-15-16)11-6-13(17)8-14(2,3)7-11/h6,9-10,13,17H,4-5,7-8H2,1-3H3. The third kappa shape index (κ3) is 2.97. The third-order valence-corrected chi connectivity index (χ3v) is 3.28. The normalized spacial score (nSPS) is 23.5. The van der Waals surface area contributed by atoms with Crippen LogP contribution in [0.4, 0.5) is 0 Å². The zero-order chi connectivity index (χ0) is 12.5. The van der Waals surface area contributed by atoms with Crippen LogP contribution in [0.25, 0.3) is 5.57 Å². The molecular formula is C14H22N2O. The van der Waals surface area contributed by atoms with E-state index in [1.807, 2.05) is 17.0 Å². The van der Waals surface area contributed by atoms with Gasteiger partial charge in [-0.2, -0.15) is 5.10 Å². The molecule has 2 rings (SSSR count). The molecule has 0 saturated heterocycles. The Kier molecular flexibility index (Phi) is 3.38. The van der Waals surface area contributed by atoms with Crippen LogP contribution in [0.3, 0.4) is 0 Å². The van der Waals surface area contributed by atoms with Gasteiger partial charge in [-0.15, -0.1) is 0 Å². The minimum absolute atomic E-state index is 0.177. The maximum Gasteiger partial charge on any atom is 0.0732 e. The van der Waals surface area contributed by atoms with Gasteiger partial charge in [-0.1, -0.05) is 26.8 Å². The van der Waals surface area contributed by atoms with Crippen LogP contribution in [0.5, 0.6) is 0 Å². The van der Waals surface area contributed by atoms with Crippen molar-refractivity contribution in [3.05, 3.63) is 24.0 Å². The third-order valence-electron chi connectivity index (χ3n) is 3.28. The highest BCUT2D eigenvalue weighted by Crippen LogP contribution is 2.39. The Labute approximate surface area is 103 Å². The summed E-state index contributed by atoms with van der Waals surface area (Å²) in [7, 11) is 0. The first-order valence-corrected chi connectivity index (χ1v) is 6.42. The lowest BCUT2D eigenvalue weighted by molar-refractivity contribution is 0.146. The minimum Gasteiger partial charge on any atom is -0.389 e. The molecule has 0 aromatic carbocycles. The molecule has 0 aliphatic heterocycles. The number of aliphatic hydroxyl groups is 1. The number of rotatable bonds is 3. The van der Waals surface area contributed by atoms with Gasteiger partial charge in [0.15, 0.2) is 0 Å². The fourth-order valence-corrected chi connectivity index (χ4v) is 2.58. The van der Waals surface area contributed by atoms with E-state index in [4.69, 9.17) is 0 Å². The van der Waals surface area contributed by atoms with E-state index >= 15 is 0 Å². The average molecular weight is 234 g/mol. The molecule has 0 saturated carbocycles. The van der Waals surface area contributed by atoms with Crippen molar-refractivity contribution in [3.8, 4) is 0 Å². The summed E-state index contributed by atoms with van der Waals surface area (Å²) in [5, 5.41) is 14.2. The SMILES string of the molecule is CCCn1cc(C2=CC(O)CC(C)(C)C2)cn1. The molecule has 1 aromatic heterocycles. The average Bonchev–Trinajstić information content (AvgIpc) is 2.63. The lowest BCUT2D eigenvalue weighted by atomic mass is 9.75. The summed E-state index contributed by atoms with van der Waals surface area (Å²) in [5.74, 6) is 0. The van der Waals surface area contributed by atoms with Crippen molar-refractivity contribution in [2.24, 2.45) is 5.41 Å². The number of nitrogens with zero attached hydrogens (tertiary/aromatic N) is 2. The number of allylic oxidation sites excluding steroid dienone is 1. The molecule has 1 aromatic rings. The van der Waals surface area contributed by atoms with Gasteiger partial charge in [0.2, 0.25) is 0 Å². The van der Waals surface area contributed by atoms with Crippen LogP contribution < -0.4 is 0 Å². The van der Waals surface area contributed by atoms with Gasteiger partial charge in [-0.25, -0.2) is 0 Å². The van der Waals surface area contributed by atoms with Gasteiger partial charge in [0.05, 0.1) is 12.3 Å². The molecule has 0 fully saturated rings. The molecule has 94 valence electrons. The van der Waals surface area contributed by atoms with E-state index in [-0.39, 0.29) is 11.5 Å². The van der Waals surface area contributed by atoms with E-state index in [0.29, 0.717) is 0 Å². The molecule has 3 nitrogen and oxygen atoms in total. The van der Waals surface area contributed by atoms with Crippen molar-refractivity contribution >= 4 is 5.57 Å². The summed E-state index contributed by atoms with van der Waals surface area (Å²) in [6.07, 6.45) is 8.62. The second-order valence-corrected chi connectivity index (χ2v) is 5.80. The topological polar surface area (TPSA) is 38.0 Å². The molecule has 1 aliphatic rings. The molecule has 1 atom stereocenters. The van der Waals surface area contributed by atoms with Gasteiger partial charge in [0.25, 0.3) is 0 Å². The van der Waals surface area contributed by atoms with Crippen LogP contribution in [-0.4, -0.2) is 21.0 Å². The Morgan fingerprint density at radius 2 is 2.29 bits per heavy atom. The molecule has 1 unspecified atom stereocenters. The van der Waals surface area contributed by atoms with E-state index in [2.05, 4.69) is 32.1 Å². The summed E-state index contributed by atoms with van der Waals surface area (Å²) in [6, 6.07) is 0. The van der Waals surface area contributed by atoms with Crippen LogP contribution in [0, 0.1) is 5.41 Å². The van der Waals surface area contributed by atoms with Crippen molar-refractivity contribution in [2.75, 3.05) is 0 Å². The number of aryl methyl sites for hydroxylation is 1. The van der Waals surface area contributed by atoms with Gasteiger partial charge < -0.3 is 5.11 Å². The first-order valence-electron chi connectivity index (χ1n) is 6.42. The number of aliphatic hydroxyl groups excluding tert-OH is 1. The van der Waals surface area contributed by atoms with Gasteiger partial charge in [0, 0.05) is 18.3 Å². The predicted molar refractivity (Wildman–Crippen MR) is 69.5 cm³/mol. The first kappa shape index (κ1) is 12.4. The van der Waals surface area contributed by atoms with Crippen molar-refractivity contribution in [3.63, 3.8) is 0 Å². The zero-order valence-corrected chi connectivity index (χ0v) is 11.0. The molecule has 1 aliphatic carbocycles. The highest BCUT2D eigenvalue weighted by Gasteiger charge is 2.28. The number of hydrogen-bond acceptors (Lipinski definition) is 2. The molecule has 0 amide bonds. The highest BCUT2D eigenvalue weighted by atomic mass is 16.3. The summed E-state index contributed by atoms with van der Waals surface area (Å²) in [6.45, 7) is 7.52. The van der Waals surface area contributed by atoms with E-state index in [1.54, 1.807) is 0 Å². The van der Waals surface area contributed by atoms with E-state index in [0.717, 1.165) is 31.4 Å². The second-order valence-electron chi connectivity index (χ2n) is 5.80. The molecule has 3 heteroatoms. The van der Waals surface area contributed by atoms with Crippen molar-refractivity contribution in [2.45, 2.75) is 52.7 Å². The Hall–Kier alpha value is -1.09. The molecule has 1 N–H and O–H groups in total. The quantitative estimate of drug-likeness (QED) is 0.873. The first-order chi connectivity index (χ1) is 8.00. The lowest BCUT2D eigenvalue weighted by Crippen LogP contribution is -2.24. The predicted octanol–water partition coefficient (Wildman–Crippen LogP) is 2.86. The lowest BCUT2D eigenvalue weighted by Gasteiger charge is -2.32. The van der Waals surface area contributed by atoms with Crippen LogP contribution in [0.15, 0.2) is 18.5 Å². The highest BCUT2D eigenvalue weighted by molar-refractivity contribution is 5.66. The second kappa shape index (κ2) is 4.65. The Morgan fingerprint density at radius 3 is 2.94 bits per heavy atom. The fraction of sp³-hybridized carbons (Fsp3) is 0.643. The van der Waals surface area contributed by atoms with Crippen molar-refractivity contribution in [1.29, 1.82) is 0 Å². The van der Waals surface area contributed by atoms with Crippen LogP contribution >= 0.6 is 0 Å². The Balaban J connectivity index is 2.20. The summed E-state index contributed by atoms with van der Waals surface area (Å²) in [5.41, 5.74) is 2.57.